The summed E-state index contributed by atoms with van der Waals surface area (Å²) in [5.41, 5.74) is 0.395. The molecule has 3 heterocycles. The zero-order chi connectivity index (χ0) is 23.2. The van der Waals surface area contributed by atoms with Crippen LogP contribution in [0.1, 0.15) is 21.6 Å². The highest BCUT2D eigenvalue weighted by atomic mass is 32.1. The van der Waals surface area contributed by atoms with Crippen molar-refractivity contribution in [1.29, 1.82) is 0 Å². The number of aromatic nitrogens is 3. The summed E-state index contributed by atoms with van der Waals surface area (Å²) in [6.07, 6.45) is -4.65. The van der Waals surface area contributed by atoms with Gasteiger partial charge < -0.3 is 9.73 Å². The fourth-order valence-electron chi connectivity index (χ4n) is 3.43. The van der Waals surface area contributed by atoms with Crippen LogP contribution >= 0.6 is 11.3 Å². The van der Waals surface area contributed by atoms with E-state index in [1.54, 1.807) is 18.4 Å². The van der Waals surface area contributed by atoms with Gasteiger partial charge in [0, 0.05) is 16.8 Å². The molecular weight excluding hydrogens is 453 g/mol. The first-order valence-electron chi connectivity index (χ1n) is 9.79. The number of alkyl halides is 3. The van der Waals surface area contributed by atoms with Gasteiger partial charge in [-0.2, -0.15) is 23.0 Å². The molecule has 0 atom stereocenters. The summed E-state index contributed by atoms with van der Waals surface area (Å²) in [6, 6.07) is 15.6. The van der Waals surface area contributed by atoms with Gasteiger partial charge in [0.15, 0.2) is 5.76 Å². The minimum absolute atomic E-state index is 0.208. The van der Waals surface area contributed by atoms with Crippen LogP contribution in [-0.2, 0) is 6.18 Å². The van der Waals surface area contributed by atoms with Crippen LogP contribution < -0.4 is 5.32 Å². The molecule has 2 aromatic carbocycles. The number of fused-ring (bicyclic) bond motifs is 1. The van der Waals surface area contributed by atoms with Crippen LogP contribution in [0.4, 0.5) is 19.0 Å². The number of anilines is 1. The first-order chi connectivity index (χ1) is 15.8. The van der Waals surface area contributed by atoms with E-state index < -0.39 is 23.2 Å². The average Bonchev–Trinajstić information content (AvgIpc) is 3.50. The molecule has 5 aromatic rings. The number of nitrogens with zero attached hydrogens (tertiary/aromatic N) is 3. The van der Waals surface area contributed by atoms with E-state index in [-0.39, 0.29) is 5.82 Å². The number of nitrogens with one attached hydrogen (secondary N) is 1. The van der Waals surface area contributed by atoms with E-state index in [9.17, 15) is 18.0 Å². The number of para-hydroxylation sites is 1. The average molecular weight is 468 g/mol. The van der Waals surface area contributed by atoms with E-state index in [2.05, 4.69) is 15.4 Å². The lowest BCUT2D eigenvalue weighted by atomic mass is 10.1. The first-order valence-corrected chi connectivity index (χ1v) is 10.7. The van der Waals surface area contributed by atoms with Gasteiger partial charge in [0.1, 0.15) is 17.1 Å². The van der Waals surface area contributed by atoms with E-state index in [0.717, 1.165) is 23.1 Å². The molecule has 0 aliphatic carbocycles. The number of amides is 1. The van der Waals surface area contributed by atoms with Crippen molar-refractivity contribution in [3.63, 3.8) is 0 Å². The molecule has 0 saturated heterocycles. The molecule has 0 aliphatic rings. The van der Waals surface area contributed by atoms with Crippen LogP contribution in [0.15, 0.2) is 70.5 Å². The molecule has 6 nitrogen and oxygen atoms in total. The Morgan fingerprint density at radius 3 is 2.64 bits per heavy atom. The van der Waals surface area contributed by atoms with E-state index in [1.807, 2.05) is 30.3 Å². The van der Waals surface area contributed by atoms with Crippen LogP contribution in [0.2, 0.25) is 0 Å². The maximum Gasteiger partial charge on any atom is 0.417 e. The van der Waals surface area contributed by atoms with Gasteiger partial charge in [-0.25, -0.2) is 4.98 Å². The number of benzene rings is 2. The molecule has 10 heteroatoms. The standard InChI is InChI=1S/C23H15F3N4O2S/c1-13-10-20(28-21(31)15-7-3-4-8-16(15)23(24,25)26)30(29-13)22-27-17(12-33-22)19-11-14-6-2-5-9-18(14)32-19/h2-12H,1H3,(H,28,31). The Bertz CT molecular complexity index is 1450. The predicted molar refractivity (Wildman–Crippen MR) is 119 cm³/mol. The van der Waals surface area contributed by atoms with Crippen molar-refractivity contribution in [2.45, 2.75) is 13.1 Å². The molecule has 1 amide bonds. The highest BCUT2D eigenvalue weighted by Gasteiger charge is 2.35. The quantitative estimate of drug-likeness (QED) is 0.335. The third-order valence-electron chi connectivity index (χ3n) is 4.90. The van der Waals surface area contributed by atoms with Crippen LogP contribution in [-0.4, -0.2) is 20.7 Å². The van der Waals surface area contributed by atoms with Gasteiger partial charge in [0.25, 0.3) is 5.91 Å². The fraction of sp³-hybridized carbons (Fsp3) is 0.0870. The Hall–Kier alpha value is -3.92. The Balaban J connectivity index is 1.47. The zero-order valence-corrected chi connectivity index (χ0v) is 17.9. The Morgan fingerprint density at radius 2 is 1.85 bits per heavy atom. The molecule has 5 rings (SSSR count). The summed E-state index contributed by atoms with van der Waals surface area (Å²) in [7, 11) is 0. The van der Waals surface area contributed by atoms with Crippen molar-refractivity contribution < 1.29 is 22.4 Å². The third kappa shape index (κ3) is 4.00. The summed E-state index contributed by atoms with van der Waals surface area (Å²) in [4.78, 5) is 17.3. The van der Waals surface area contributed by atoms with Crippen molar-refractivity contribution in [3.8, 4) is 16.6 Å². The van der Waals surface area contributed by atoms with E-state index >= 15 is 0 Å². The molecule has 0 fully saturated rings. The molecule has 0 bridgehead atoms. The molecule has 0 spiro atoms. The van der Waals surface area contributed by atoms with Crippen LogP contribution in [0.5, 0.6) is 0 Å². The molecule has 33 heavy (non-hydrogen) atoms. The number of carbonyl (C=O) groups excluding carboxylic acids is 1. The van der Waals surface area contributed by atoms with E-state index in [0.29, 0.717) is 22.3 Å². The Labute approximate surface area is 189 Å². The second kappa shape index (κ2) is 7.89. The van der Waals surface area contributed by atoms with Gasteiger partial charge in [-0.1, -0.05) is 30.3 Å². The predicted octanol–water partition coefficient (Wildman–Crippen LogP) is 6.32. The summed E-state index contributed by atoms with van der Waals surface area (Å²) >= 11 is 1.26. The number of rotatable bonds is 4. The van der Waals surface area contributed by atoms with Crippen molar-refractivity contribution in [1.82, 2.24) is 14.8 Å². The maximum atomic E-state index is 13.3. The second-order valence-electron chi connectivity index (χ2n) is 7.24. The maximum absolute atomic E-state index is 13.3. The number of aryl methyl sites for hydroxylation is 1. The lowest BCUT2D eigenvalue weighted by Crippen LogP contribution is -2.20. The Morgan fingerprint density at radius 1 is 1.09 bits per heavy atom. The third-order valence-corrected chi connectivity index (χ3v) is 5.72. The summed E-state index contributed by atoms with van der Waals surface area (Å²) in [5, 5.41) is 10.0. The zero-order valence-electron chi connectivity index (χ0n) is 17.1. The van der Waals surface area contributed by atoms with Gasteiger partial charge in [-0.05, 0) is 31.2 Å². The lowest BCUT2D eigenvalue weighted by Gasteiger charge is -2.12. The SMILES string of the molecule is Cc1cc(NC(=O)c2ccccc2C(F)(F)F)n(-c2nc(-c3cc4ccccc4o3)cs2)n1. The molecule has 0 aliphatic heterocycles. The van der Waals surface area contributed by atoms with Gasteiger partial charge in [0.05, 0.1) is 16.8 Å². The van der Waals surface area contributed by atoms with Crippen molar-refractivity contribution in [3.05, 3.63) is 82.9 Å². The van der Waals surface area contributed by atoms with Crippen LogP contribution in [0, 0.1) is 6.92 Å². The highest BCUT2D eigenvalue weighted by Crippen LogP contribution is 2.33. The number of hydrogen-bond acceptors (Lipinski definition) is 5. The molecule has 0 saturated carbocycles. The fourth-order valence-corrected chi connectivity index (χ4v) is 4.21. The van der Waals surface area contributed by atoms with E-state index in [1.165, 1.54) is 28.2 Å². The minimum Gasteiger partial charge on any atom is -0.454 e. The summed E-state index contributed by atoms with van der Waals surface area (Å²) in [5.74, 6) is -0.106. The molecule has 0 radical (unpaired) electrons. The molecule has 166 valence electrons. The topological polar surface area (TPSA) is 73.0 Å². The number of halogens is 3. The van der Waals surface area contributed by atoms with Gasteiger partial charge in [-0.3, -0.25) is 4.79 Å². The van der Waals surface area contributed by atoms with Gasteiger partial charge in [-0.15, -0.1) is 11.3 Å². The second-order valence-corrected chi connectivity index (χ2v) is 8.08. The molecule has 0 unspecified atom stereocenters. The normalized spacial score (nSPS) is 11.8. The number of furan rings is 1. The van der Waals surface area contributed by atoms with Crippen LogP contribution in [0.3, 0.4) is 0 Å². The molecule has 1 N–H and O–H groups in total. The van der Waals surface area contributed by atoms with Crippen molar-refractivity contribution >= 4 is 34.0 Å². The molecule has 3 aromatic heterocycles. The largest absolute Gasteiger partial charge is 0.454 e. The molecular formula is C23H15F3N4O2S. The van der Waals surface area contributed by atoms with E-state index in [4.69, 9.17) is 4.42 Å². The summed E-state index contributed by atoms with van der Waals surface area (Å²) < 4.78 is 47.2. The number of thiazole rings is 1. The highest BCUT2D eigenvalue weighted by molar-refractivity contribution is 7.12. The van der Waals surface area contributed by atoms with Crippen LogP contribution in [0.25, 0.3) is 27.6 Å². The monoisotopic (exact) mass is 468 g/mol. The van der Waals surface area contributed by atoms with Crippen molar-refractivity contribution in [2.24, 2.45) is 0 Å². The minimum atomic E-state index is -4.65. The lowest BCUT2D eigenvalue weighted by molar-refractivity contribution is -0.137. The smallest absolute Gasteiger partial charge is 0.417 e. The first kappa shape index (κ1) is 21.0. The van der Waals surface area contributed by atoms with Crippen molar-refractivity contribution in [2.75, 3.05) is 5.32 Å². The Kier molecular flexibility index (Phi) is 5.01. The van der Waals surface area contributed by atoms with Gasteiger partial charge in [0.2, 0.25) is 5.13 Å². The number of carbonyl (C=O) groups is 1. The number of hydrogen-bond donors (Lipinski definition) is 1. The van der Waals surface area contributed by atoms with Gasteiger partial charge >= 0.3 is 6.18 Å². The summed E-state index contributed by atoms with van der Waals surface area (Å²) in [6.45, 7) is 1.71.